The first-order chi connectivity index (χ1) is 19.0. The minimum Gasteiger partial charge on any atom is -0.344 e. The van der Waals surface area contributed by atoms with Crippen LogP contribution in [0, 0.1) is 5.82 Å². The molecule has 1 atom stereocenters. The van der Waals surface area contributed by atoms with Crippen molar-refractivity contribution in [2.24, 2.45) is 0 Å². The maximum atomic E-state index is 13.9. The van der Waals surface area contributed by atoms with E-state index in [1.165, 1.54) is 23.3 Å². The van der Waals surface area contributed by atoms with Crippen LogP contribution in [-0.4, -0.2) is 15.7 Å². The first kappa shape index (κ1) is 25.8. The standard InChI is InChI=1S/C32H28Cl2FN3O/c33-23-14-17-29(27(34)19-23)38-31-22(18-20-12-15-24(35)16-13-20)7-2-4-10-26(31)30(37-38)32(39)36-28-11-5-8-21-6-1-3-9-25(21)28/h1,3,6,9,12-19,28H,2,4-5,7-8,10-11H2,(H,36,39)/b22-18+. The van der Waals surface area contributed by atoms with Crippen molar-refractivity contribution in [2.45, 2.75) is 51.0 Å². The topological polar surface area (TPSA) is 46.9 Å². The van der Waals surface area contributed by atoms with E-state index < -0.39 is 0 Å². The van der Waals surface area contributed by atoms with Gasteiger partial charge in [-0.3, -0.25) is 4.79 Å². The van der Waals surface area contributed by atoms with E-state index in [4.69, 9.17) is 28.3 Å². The zero-order valence-corrected chi connectivity index (χ0v) is 22.9. The zero-order valence-electron chi connectivity index (χ0n) is 21.4. The average Bonchev–Trinajstić information content (AvgIpc) is 3.18. The number of hydrogen-bond donors (Lipinski definition) is 1. The molecule has 0 spiro atoms. The highest BCUT2D eigenvalue weighted by Gasteiger charge is 2.30. The lowest BCUT2D eigenvalue weighted by Gasteiger charge is -2.26. The molecule has 6 rings (SSSR count). The number of benzene rings is 3. The Bertz CT molecular complexity index is 1580. The van der Waals surface area contributed by atoms with Gasteiger partial charge in [-0.25, -0.2) is 9.07 Å². The number of rotatable bonds is 4. The molecule has 0 bridgehead atoms. The van der Waals surface area contributed by atoms with Crippen LogP contribution in [0.5, 0.6) is 0 Å². The van der Waals surface area contributed by atoms with E-state index in [1.54, 1.807) is 28.9 Å². The van der Waals surface area contributed by atoms with Crippen molar-refractivity contribution in [3.05, 3.63) is 116 Å². The van der Waals surface area contributed by atoms with Gasteiger partial charge in [-0.1, -0.05) is 59.6 Å². The molecule has 3 aromatic carbocycles. The third kappa shape index (κ3) is 5.26. The highest BCUT2D eigenvalue weighted by atomic mass is 35.5. The predicted molar refractivity (Wildman–Crippen MR) is 155 cm³/mol. The Morgan fingerprint density at radius 2 is 1.77 bits per heavy atom. The van der Waals surface area contributed by atoms with Gasteiger partial charge in [0.05, 0.1) is 22.4 Å². The van der Waals surface area contributed by atoms with E-state index in [-0.39, 0.29) is 17.8 Å². The Kier molecular flexibility index (Phi) is 7.28. The summed E-state index contributed by atoms with van der Waals surface area (Å²) in [4.78, 5) is 13.9. The molecule has 0 saturated heterocycles. The molecule has 2 aliphatic carbocycles. The van der Waals surface area contributed by atoms with Crippen molar-refractivity contribution in [3.63, 3.8) is 0 Å². The molecule has 1 aromatic heterocycles. The molecule has 0 fully saturated rings. The number of carbonyl (C=O) groups is 1. The Hall–Kier alpha value is -3.41. The number of aryl methyl sites for hydroxylation is 1. The normalized spacial score (nSPS) is 17.8. The van der Waals surface area contributed by atoms with Crippen molar-refractivity contribution in [2.75, 3.05) is 0 Å². The molecule has 0 aliphatic heterocycles. The van der Waals surface area contributed by atoms with Gasteiger partial charge in [0, 0.05) is 10.6 Å². The van der Waals surface area contributed by atoms with E-state index in [2.05, 4.69) is 29.6 Å². The number of halogens is 3. The smallest absolute Gasteiger partial charge is 0.272 e. The molecule has 0 radical (unpaired) electrons. The Morgan fingerprint density at radius 1 is 0.974 bits per heavy atom. The molecule has 1 heterocycles. The van der Waals surface area contributed by atoms with Crippen LogP contribution in [0.4, 0.5) is 4.39 Å². The van der Waals surface area contributed by atoms with Gasteiger partial charge in [0.15, 0.2) is 5.69 Å². The molecular formula is C32H28Cl2FN3O. The van der Waals surface area contributed by atoms with Crippen LogP contribution in [0.3, 0.4) is 0 Å². The second-order valence-electron chi connectivity index (χ2n) is 10.2. The lowest BCUT2D eigenvalue weighted by molar-refractivity contribution is 0.0926. The second-order valence-corrected chi connectivity index (χ2v) is 11.1. The van der Waals surface area contributed by atoms with Gasteiger partial charge in [0.1, 0.15) is 5.82 Å². The molecule has 2 aliphatic rings. The second kappa shape index (κ2) is 11.0. The summed E-state index contributed by atoms with van der Waals surface area (Å²) in [5.41, 5.74) is 7.26. The molecule has 39 heavy (non-hydrogen) atoms. The summed E-state index contributed by atoms with van der Waals surface area (Å²) in [6.45, 7) is 0. The molecule has 7 heteroatoms. The van der Waals surface area contributed by atoms with E-state index in [9.17, 15) is 9.18 Å². The molecule has 1 amide bonds. The lowest BCUT2D eigenvalue weighted by atomic mass is 9.87. The van der Waals surface area contributed by atoms with Crippen LogP contribution < -0.4 is 5.32 Å². The number of nitrogens with one attached hydrogen (secondary N) is 1. The van der Waals surface area contributed by atoms with E-state index in [0.29, 0.717) is 21.4 Å². The van der Waals surface area contributed by atoms with Crippen LogP contribution in [0.25, 0.3) is 17.3 Å². The van der Waals surface area contributed by atoms with E-state index >= 15 is 0 Å². The monoisotopic (exact) mass is 559 g/mol. The molecular weight excluding hydrogens is 532 g/mol. The van der Waals surface area contributed by atoms with Crippen molar-refractivity contribution < 1.29 is 9.18 Å². The van der Waals surface area contributed by atoms with Gasteiger partial charge in [-0.2, -0.15) is 5.10 Å². The summed E-state index contributed by atoms with van der Waals surface area (Å²) in [7, 11) is 0. The minimum absolute atomic E-state index is 0.0534. The number of fused-ring (bicyclic) bond motifs is 2. The van der Waals surface area contributed by atoms with Crippen molar-refractivity contribution >= 4 is 40.8 Å². The predicted octanol–water partition coefficient (Wildman–Crippen LogP) is 8.39. The summed E-state index contributed by atoms with van der Waals surface area (Å²) in [6, 6.07) is 20.0. The fourth-order valence-electron chi connectivity index (χ4n) is 5.79. The number of amides is 1. The van der Waals surface area contributed by atoms with Gasteiger partial charge < -0.3 is 5.32 Å². The molecule has 198 valence electrons. The van der Waals surface area contributed by atoms with Crippen molar-refractivity contribution in [3.8, 4) is 5.69 Å². The molecule has 0 saturated carbocycles. The average molecular weight is 561 g/mol. The number of carbonyl (C=O) groups excluding carboxylic acids is 1. The summed E-state index contributed by atoms with van der Waals surface area (Å²) < 4.78 is 15.4. The van der Waals surface area contributed by atoms with Gasteiger partial charge >= 0.3 is 0 Å². The van der Waals surface area contributed by atoms with Crippen LogP contribution in [0.1, 0.15) is 76.6 Å². The Labute approximate surface area is 237 Å². The number of hydrogen-bond acceptors (Lipinski definition) is 2. The number of allylic oxidation sites excluding steroid dienone is 1. The summed E-state index contributed by atoms with van der Waals surface area (Å²) in [5, 5.41) is 9.17. The summed E-state index contributed by atoms with van der Waals surface area (Å²) in [6.07, 6.45) is 8.44. The Balaban J connectivity index is 1.47. The third-order valence-corrected chi connectivity index (χ3v) is 8.19. The molecule has 4 nitrogen and oxygen atoms in total. The van der Waals surface area contributed by atoms with Crippen molar-refractivity contribution in [1.82, 2.24) is 15.1 Å². The van der Waals surface area contributed by atoms with Crippen LogP contribution in [-0.2, 0) is 12.8 Å². The quantitative estimate of drug-likeness (QED) is 0.255. The van der Waals surface area contributed by atoms with Crippen LogP contribution >= 0.6 is 23.2 Å². The summed E-state index contributed by atoms with van der Waals surface area (Å²) >= 11 is 12.9. The molecule has 4 aromatic rings. The zero-order chi connectivity index (χ0) is 26.9. The van der Waals surface area contributed by atoms with Gasteiger partial charge in [-0.15, -0.1) is 0 Å². The first-order valence-corrected chi connectivity index (χ1v) is 14.2. The maximum absolute atomic E-state index is 13.9. The first-order valence-electron chi connectivity index (χ1n) is 13.4. The fourth-order valence-corrected chi connectivity index (χ4v) is 6.28. The van der Waals surface area contributed by atoms with Gasteiger partial charge in [-0.05, 0) is 104 Å². The Morgan fingerprint density at radius 3 is 2.59 bits per heavy atom. The third-order valence-electron chi connectivity index (χ3n) is 7.65. The SMILES string of the molecule is O=C(NC1CCCc2ccccc21)c1nn(-c2ccc(Cl)cc2Cl)c2c1CCCC/C2=C\c1ccc(F)cc1. The number of aromatic nitrogens is 2. The van der Waals surface area contributed by atoms with Crippen LogP contribution in [0.15, 0.2) is 66.7 Å². The highest BCUT2D eigenvalue weighted by Crippen LogP contribution is 2.37. The van der Waals surface area contributed by atoms with Gasteiger partial charge in [0.25, 0.3) is 5.91 Å². The van der Waals surface area contributed by atoms with E-state index in [0.717, 1.165) is 67.3 Å². The maximum Gasteiger partial charge on any atom is 0.272 e. The minimum atomic E-state index is -0.278. The van der Waals surface area contributed by atoms with E-state index in [1.807, 2.05) is 12.1 Å². The lowest BCUT2D eigenvalue weighted by Crippen LogP contribution is -2.31. The fraction of sp³-hybridized carbons (Fsp3) is 0.250. The molecule has 1 unspecified atom stereocenters. The summed E-state index contributed by atoms with van der Waals surface area (Å²) in [5.74, 6) is -0.459. The highest BCUT2D eigenvalue weighted by molar-refractivity contribution is 6.35. The largest absolute Gasteiger partial charge is 0.344 e. The number of nitrogens with zero attached hydrogens (tertiary/aromatic N) is 2. The van der Waals surface area contributed by atoms with Crippen molar-refractivity contribution in [1.29, 1.82) is 0 Å². The van der Waals surface area contributed by atoms with Gasteiger partial charge in [0.2, 0.25) is 0 Å². The molecule has 1 N–H and O–H groups in total. The van der Waals surface area contributed by atoms with Crippen LogP contribution in [0.2, 0.25) is 10.0 Å².